The Morgan fingerprint density at radius 2 is 1.32 bits per heavy atom. The van der Waals surface area contributed by atoms with Gasteiger partial charge in [-0.1, -0.05) is 12.1 Å². The Bertz CT molecular complexity index is 522. The summed E-state index contributed by atoms with van der Waals surface area (Å²) in [7, 11) is 0. The largest absolute Gasteiger partial charge is 0.493 e. The summed E-state index contributed by atoms with van der Waals surface area (Å²) in [4.78, 5) is 0. The molecule has 0 radical (unpaired) electrons. The van der Waals surface area contributed by atoms with Gasteiger partial charge < -0.3 is 4.74 Å². The number of halogens is 9. The number of para-hydroxylation sites is 1. The Balaban J connectivity index is 3.46. The fourth-order valence-corrected chi connectivity index (χ4v) is 1.55. The SMILES string of the molecule is CCOc1ccccc1C(F)(F)C(F)(F)C(F)(F)C(F)(F)F. The van der Waals surface area contributed by atoms with Crippen molar-refractivity contribution in [1.29, 1.82) is 0 Å². The zero-order chi connectivity index (χ0) is 17.4. The van der Waals surface area contributed by atoms with E-state index < -0.39 is 35.3 Å². The lowest BCUT2D eigenvalue weighted by Gasteiger charge is -2.34. The number of hydrogen-bond donors (Lipinski definition) is 0. The van der Waals surface area contributed by atoms with Crippen molar-refractivity contribution >= 4 is 0 Å². The minimum atomic E-state index is -6.93. The highest BCUT2D eigenvalue weighted by atomic mass is 19.4. The van der Waals surface area contributed by atoms with E-state index in [-0.39, 0.29) is 6.61 Å². The van der Waals surface area contributed by atoms with Gasteiger partial charge in [0.25, 0.3) is 0 Å². The predicted octanol–water partition coefficient (Wildman–Crippen LogP) is 5.01. The van der Waals surface area contributed by atoms with Crippen LogP contribution in [-0.4, -0.2) is 24.6 Å². The topological polar surface area (TPSA) is 9.23 Å². The van der Waals surface area contributed by atoms with Gasteiger partial charge in [0.05, 0.1) is 12.2 Å². The molecule has 1 aromatic carbocycles. The van der Waals surface area contributed by atoms with Crippen LogP contribution in [0.1, 0.15) is 12.5 Å². The molecule has 0 aliphatic carbocycles. The number of benzene rings is 1. The van der Waals surface area contributed by atoms with Crippen LogP contribution >= 0.6 is 0 Å². The van der Waals surface area contributed by atoms with Crippen LogP contribution < -0.4 is 4.74 Å². The third-order valence-electron chi connectivity index (χ3n) is 2.67. The molecule has 0 fully saturated rings. The number of alkyl halides is 9. The average molecular weight is 340 g/mol. The predicted molar refractivity (Wildman–Crippen MR) is 57.5 cm³/mol. The van der Waals surface area contributed by atoms with Crippen molar-refractivity contribution in [3.8, 4) is 5.75 Å². The summed E-state index contributed by atoms with van der Waals surface area (Å²) in [5.74, 6) is -20.3. The third kappa shape index (κ3) is 2.70. The molecule has 0 saturated heterocycles. The van der Waals surface area contributed by atoms with Crippen molar-refractivity contribution in [2.24, 2.45) is 0 Å². The van der Waals surface area contributed by atoms with Crippen molar-refractivity contribution in [1.82, 2.24) is 0 Å². The standard InChI is InChI=1S/C12H9F9O/c1-2-22-8-6-4-3-5-7(8)9(13,14)10(15,16)11(17,18)12(19,20)21/h3-6H,2H2,1H3. The molecule has 1 nitrogen and oxygen atoms in total. The van der Waals surface area contributed by atoms with Gasteiger partial charge in [0, 0.05) is 0 Å². The van der Waals surface area contributed by atoms with Crippen LogP contribution in [0.25, 0.3) is 0 Å². The Labute approximate surface area is 118 Å². The molecule has 0 amide bonds. The molecule has 0 aliphatic heterocycles. The van der Waals surface area contributed by atoms with Gasteiger partial charge >= 0.3 is 23.9 Å². The Morgan fingerprint density at radius 3 is 1.77 bits per heavy atom. The van der Waals surface area contributed by atoms with Crippen molar-refractivity contribution in [2.45, 2.75) is 30.9 Å². The molecule has 0 heterocycles. The Hall–Kier alpha value is -1.61. The quantitative estimate of drug-likeness (QED) is 0.685. The summed E-state index contributed by atoms with van der Waals surface area (Å²) >= 11 is 0. The molecule has 0 atom stereocenters. The summed E-state index contributed by atoms with van der Waals surface area (Å²) in [6.45, 7) is 1.01. The maximum absolute atomic E-state index is 13.7. The van der Waals surface area contributed by atoms with E-state index in [0.717, 1.165) is 18.2 Å². The first-order valence-corrected chi connectivity index (χ1v) is 5.73. The van der Waals surface area contributed by atoms with Gasteiger partial charge in [0.2, 0.25) is 0 Å². The Kier molecular flexibility index (Phi) is 4.65. The first-order chi connectivity index (χ1) is 9.80. The van der Waals surface area contributed by atoms with Gasteiger partial charge in [0.15, 0.2) is 0 Å². The summed E-state index contributed by atoms with van der Waals surface area (Å²) in [5.41, 5.74) is -1.76. The average Bonchev–Trinajstić information content (AvgIpc) is 2.37. The minimum absolute atomic E-state index is 0.283. The molecule has 1 aromatic rings. The fourth-order valence-electron chi connectivity index (χ4n) is 1.55. The zero-order valence-electron chi connectivity index (χ0n) is 10.8. The molecule has 0 aromatic heterocycles. The molecule has 0 saturated carbocycles. The highest BCUT2D eigenvalue weighted by Gasteiger charge is 2.82. The van der Waals surface area contributed by atoms with Crippen LogP contribution in [0.5, 0.6) is 5.75 Å². The second kappa shape index (κ2) is 5.54. The molecule has 0 bridgehead atoms. The lowest BCUT2D eigenvalue weighted by Crippen LogP contribution is -2.59. The first kappa shape index (κ1) is 18.4. The second-order valence-corrected chi connectivity index (χ2v) is 4.15. The smallest absolute Gasteiger partial charge is 0.460 e. The summed E-state index contributed by atoms with van der Waals surface area (Å²) in [5, 5.41) is 0. The third-order valence-corrected chi connectivity index (χ3v) is 2.67. The van der Waals surface area contributed by atoms with Crippen LogP contribution in [0, 0.1) is 0 Å². The van der Waals surface area contributed by atoms with E-state index >= 15 is 0 Å². The molecule has 0 spiro atoms. The van der Waals surface area contributed by atoms with Crippen LogP contribution in [0.3, 0.4) is 0 Å². The van der Waals surface area contributed by atoms with Gasteiger partial charge in [-0.05, 0) is 19.1 Å². The molecular formula is C12H9F9O. The molecule has 0 unspecified atom stereocenters. The van der Waals surface area contributed by atoms with E-state index in [1.54, 1.807) is 0 Å². The first-order valence-electron chi connectivity index (χ1n) is 5.73. The molecular weight excluding hydrogens is 331 g/mol. The number of rotatable bonds is 5. The zero-order valence-corrected chi connectivity index (χ0v) is 10.8. The number of hydrogen-bond acceptors (Lipinski definition) is 1. The van der Waals surface area contributed by atoms with Crippen LogP contribution in [0.2, 0.25) is 0 Å². The van der Waals surface area contributed by atoms with E-state index in [2.05, 4.69) is 4.74 Å². The highest BCUT2D eigenvalue weighted by Crippen LogP contribution is 2.57. The van der Waals surface area contributed by atoms with E-state index in [9.17, 15) is 39.5 Å². The van der Waals surface area contributed by atoms with Gasteiger partial charge in [-0.3, -0.25) is 0 Å². The second-order valence-electron chi connectivity index (χ2n) is 4.15. The Morgan fingerprint density at radius 1 is 0.818 bits per heavy atom. The normalized spacial score (nSPS) is 14.1. The fraction of sp³-hybridized carbons (Fsp3) is 0.500. The minimum Gasteiger partial charge on any atom is -0.493 e. The molecule has 0 N–H and O–H groups in total. The van der Waals surface area contributed by atoms with E-state index in [0.29, 0.717) is 6.07 Å². The molecule has 10 heteroatoms. The van der Waals surface area contributed by atoms with E-state index in [1.807, 2.05) is 0 Å². The molecule has 1 rings (SSSR count). The molecule has 126 valence electrons. The maximum Gasteiger partial charge on any atom is 0.460 e. The van der Waals surface area contributed by atoms with E-state index in [1.165, 1.54) is 6.92 Å². The van der Waals surface area contributed by atoms with Crippen molar-refractivity contribution in [3.63, 3.8) is 0 Å². The van der Waals surface area contributed by atoms with Crippen molar-refractivity contribution in [3.05, 3.63) is 29.8 Å². The highest BCUT2D eigenvalue weighted by molar-refractivity contribution is 5.38. The van der Waals surface area contributed by atoms with E-state index in [4.69, 9.17) is 0 Å². The van der Waals surface area contributed by atoms with Crippen molar-refractivity contribution < 1.29 is 44.3 Å². The summed E-state index contributed by atoms with van der Waals surface area (Å²) < 4.78 is 120. The number of ether oxygens (including phenoxy) is 1. The van der Waals surface area contributed by atoms with Gasteiger partial charge in [0.1, 0.15) is 5.75 Å². The van der Waals surface area contributed by atoms with Crippen LogP contribution in [0.15, 0.2) is 24.3 Å². The molecule has 0 aliphatic rings. The maximum atomic E-state index is 13.7. The van der Waals surface area contributed by atoms with Gasteiger partial charge in [-0.15, -0.1) is 0 Å². The molecule has 22 heavy (non-hydrogen) atoms. The summed E-state index contributed by atoms with van der Waals surface area (Å²) in [6.07, 6.45) is -6.85. The lowest BCUT2D eigenvalue weighted by molar-refractivity contribution is -0.399. The van der Waals surface area contributed by atoms with Gasteiger partial charge in [-0.2, -0.15) is 39.5 Å². The summed E-state index contributed by atoms with van der Waals surface area (Å²) in [6, 6.07) is 2.91. The van der Waals surface area contributed by atoms with Crippen molar-refractivity contribution in [2.75, 3.05) is 6.61 Å². The van der Waals surface area contributed by atoms with Crippen LogP contribution in [-0.2, 0) is 5.92 Å². The van der Waals surface area contributed by atoms with Crippen LogP contribution in [0.4, 0.5) is 39.5 Å². The lowest BCUT2D eigenvalue weighted by atomic mass is 9.96. The monoisotopic (exact) mass is 340 g/mol. The van der Waals surface area contributed by atoms with Gasteiger partial charge in [-0.25, -0.2) is 0 Å².